The van der Waals surface area contributed by atoms with E-state index in [1.54, 1.807) is 23.7 Å². The zero-order valence-electron chi connectivity index (χ0n) is 18.0. The molecule has 1 aromatic carbocycles. The average Bonchev–Trinajstić information content (AvgIpc) is 3.19. The Bertz CT molecular complexity index is 1370. The van der Waals surface area contributed by atoms with Crippen molar-refractivity contribution < 1.29 is 13.2 Å². The maximum absolute atomic E-state index is 14.2. The third-order valence-electron chi connectivity index (χ3n) is 6.32. The second-order valence-corrected chi connectivity index (χ2v) is 8.83. The van der Waals surface area contributed by atoms with Crippen molar-refractivity contribution in [2.45, 2.75) is 50.7 Å². The first-order valence-electron chi connectivity index (χ1n) is 10.8. The Morgan fingerprint density at radius 3 is 2.67 bits per heavy atom. The van der Waals surface area contributed by atoms with E-state index in [0.29, 0.717) is 59.2 Å². The molecule has 0 bridgehead atoms. The Morgan fingerprint density at radius 2 is 1.94 bits per heavy atom. The zero-order chi connectivity index (χ0) is 23.2. The molecule has 1 saturated carbocycles. The van der Waals surface area contributed by atoms with Crippen molar-refractivity contribution >= 4 is 11.0 Å². The number of aromatic nitrogens is 5. The predicted octanol–water partition coefficient (Wildman–Crippen LogP) is 4.89. The first kappa shape index (κ1) is 21.4. The van der Waals surface area contributed by atoms with Gasteiger partial charge in [0.25, 0.3) is 5.56 Å². The smallest absolute Gasteiger partial charge is 0.262 e. The molecule has 5 rings (SSSR count). The van der Waals surface area contributed by atoms with E-state index in [9.17, 15) is 18.0 Å². The van der Waals surface area contributed by atoms with Gasteiger partial charge in [-0.2, -0.15) is 9.49 Å². The number of fused-ring (bicyclic) bond motifs is 1. The highest BCUT2D eigenvalue weighted by molar-refractivity contribution is 5.73. The number of benzene rings is 1. The summed E-state index contributed by atoms with van der Waals surface area (Å²) in [5, 5.41) is 4.73. The van der Waals surface area contributed by atoms with Crippen LogP contribution in [0.4, 0.5) is 13.2 Å². The Balaban J connectivity index is 1.52. The third kappa shape index (κ3) is 4.27. The van der Waals surface area contributed by atoms with E-state index in [2.05, 4.69) is 20.1 Å². The Morgan fingerprint density at radius 1 is 1.15 bits per heavy atom. The molecule has 1 aliphatic carbocycles. The molecular weight excluding hydrogens is 431 g/mol. The Kier molecular flexibility index (Phi) is 5.26. The van der Waals surface area contributed by atoms with Crippen molar-refractivity contribution in [2.75, 3.05) is 0 Å². The van der Waals surface area contributed by atoms with E-state index in [1.165, 1.54) is 30.6 Å². The molecule has 0 unspecified atom stereocenters. The molecule has 0 spiro atoms. The largest absolute Gasteiger partial charge is 0.310 e. The van der Waals surface area contributed by atoms with Gasteiger partial charge in [-0.3, -0.25) is 4.79 Å². The van der Waals surface area contributed by atoms with E-state index in [0.717, 1.165) is 0 Å². The lowest BCUT2D eigenvalue weighted by Crippen LogP contribution is -2.28. The summed E-state index contributed by atoms with van der Waals surface area (Å²) < 4.78 is 43.3. The van der Waals surface area contributed by atoms with Crippen LogP contribution in [0, 0.1) is 11.8 Å². The Labute approximate surface area is 187 Å². The van der Waals surface area contributed by atoms with Gasteiger partial charge in [0, 0.05) is 18.2 Å². The summed E-state index contributed by atoms with van der Waals surface area (Å²) in [4.78, 5) is 23.8. The molecule has 0 radical (unpaired) electrons. The summed E-state index contributed by atoms with van der Waals surface area (Å²) in [6, 6.07) is 7.04. The van der Waals surface area contributed by atoms with E-state index in [-0.39, 0.29) is 18.0 Å². The molecule has 0 saturated heterocycles. The first-order chi connectivity index (χ1) is 15.8. The summed E-state index contributed by atoms with van der Waals surface area (Å²) in [6.07, 6.45) is 5.07. The molecule has 4 aromatic rings. The number of aromatic amines is 1. The summed E-state index contributed by atoms with van der Waals surface area (Å²) >= 11 is 0. The molecule has 0 atom stereocenters. The number of H-pyrrole nitrogens is 1. The maximum Gasteiger partial charge on any atom is 0.262 e. The fourth-order valence-corrected chi connectivity index (χ4v) is 4.49. The molecule has 6 nitrogen and oxygen atoms in total. The van der Waals surface area contributed by atoms with Gasteiger partial charge in [-0.05, 0) is 68.0 Å². The lowest BCUT2D eigenvalue weighted by Gasteiger charge is -2.31. The van der Waals surface area contributed by atoms with Gasteiger partial charge in [0.15, 0.2) is 5.65 Å². The number of alkyl halides is 1. The fraction of sp³-hybridized carbons (Fsp3) is 0.333. The van der Waals surface area contributed by atoms with Crippen LogP contribution in [0.15, 0.2) is 47.5 Å². The number of hydrogen-bond donors (Lipinski definition) is 1. The molecule has 33 heavy (non-hydrogen) atoms. The van der Waals surface area contributed by atoms with Crippen molar-refractivity contribution in [3.8, 4) is 11.1 Å². The van der Waals surface area contributed by atoms with Crippen molar-refractivity contribution in [3.63, 3.8) is 0 Å². The minimum Gasteiger partial charge on any atom is -0.310 e. The average molecular weight is 453 g/mol. The zero-order valence-corrected chi connectivity index (χ0v) is 18.0. The molecule has 3 aromatic heterocycles. The lowest BCUT2D eigenvalue weighted by atomic mass is 9.85. The molecule has 170 valence electrons. The van der Waals surface area contributed by atoms with Crippen LogP contribution in [0.1, 0.15) is 50.0 Å². The van der Waals surface area contributed by atoms with Crippen LogP contribution in [0.3, 0.4) is 0 Å². The Hall–Kier alpha value is -3.49. The second-order valence-electron chi connectivity index (χ2n) is 8.83. The SMILES string of the molecule is CC1(F)CCC(n2ncc3c(=O)[nH]c(Cc4cc(F)ccc4-c4ccc(F)nc4)nc32)CC1. The standard InChI is InChI=1S/C24H22F3N5O/c1-24(27)8-6-17(7-9-24)32-22-19(13-29-32)23(33)31-21(30-22)11-15-10-16(25)3-4-18(15)14-2-5-20(26)28-12-14/h2-5,10,12-13,17H,6-9,11H2,1H3,(H,30,31,33). The summed E-state index contributed by atoms with van der Waals surface area (Å²) in [5.41, 5.74) is 0.767. The first-order valence-corrected chi connectivity index (χ1v) is 10.8. The van der Waals surface area contributed by atoms with E-state index in [4.69, 9.17) is 0 Å². The highest BCUT2D eigenvalue weighted by Gasteiger charge is 2.32. The van der Waals surface area contributed by atoms with Gasteiger partial charge >= 0.3 is 0 Å². The van der Waals surface area contributed by atoms with Crippen LogP contribution in [0.25, 0.3) is 22.2 Å². The number of halogens is 3. The van der Waals surface area contributed by atoms with Crippen molar-refractivity contribution in [2.24, 2.45) is 0 Å². The topological polar surface area (TPSA) is 76.5 Å². The monoisotopic (exact) mass is 453 g/mol. The maximum atomic E-state index is 14.2. The minimum absolute atomic E-state index is 0.0384. The van der Waals surface area contributed by atoms with Gasteiger partial charge in [-0.25, -0.2) is 23.4 Å². The third-order valence-corrected chi connectivity index (χ3v) is 6.32. The highest BCUT2D eigenvalue weighted by atomic mass is 19.1. The van der Waals surface area contributed by atoms with Crippen LogP contribution in [-0.2, 0) is 6.42 Å². The van der Waals surface area contributed by atoms with Crippen molar-refractivity contribution in [3.05, 3.63) is 76.2 Å². The van der Waals surface area contributed by atoms with Crippen LogP contribution in [-0.4, -0.2) is 30.4 Å². The molecule has 0 amide bonds. The molecule has 1 N–H and O–H groups in total. The van der Waals surface area contributed by atoms with Gasteiger partial charge in [0.2, 0.25) is 5.95 Å². The molecule has 1 fully saturated rings. The number of pyridine rings is 1. The van der Waals surface area contributed by atoms with Gasteiger partial charge in [0.1, 0.15) is 22.7 Å². The summed E-state index contributed by atoms with van der Waals surface area (Å²) in [7, 11) is 0. The van der Waals surface area contributed by atoms with Crippen LogP contribution in [0.2, 0.25) is 0 Å². The van der Waals surface area contributed by atoms with Gasteiger partial charge < -0.3 is 4.98 Å². The molecule has 0 aliphatic heterocycles. The number of hydrogen-bond acceptors (Lipinski definition) is 4. The van der Waals surface area contributed by atoms with Crippen LogP contribution in [0.5, 0.6) is 0 Å². The predicted molar refractivity (Wildman–Crippen MR) is 118 cm³/mol. The molecule has 3 heterocycles. The van der Waals surface area contributed by atoms with Gasteiger partial charge in [0.05, 0.1) is 12.2 Å². The highest BCUT2D eigenvalue weighted by Crippen LogP contribution is 2.37. The lowest BCUT2D eigenvalue weighted by molar-refractivity contribution is 0.103. The number of nitrogens with zero attached hydrogens (tertiary/aromatic N) is 4. The molecule has 9 heteroatoms. The van der Waals surface area contributed by atoms with Gasteiger partial charge in [-0.15, -0.1) is 0 Å². The molecule has 1 aliphatic rings. The van der Waals surface area contributed by atoms with Crippen LogP contribution >= 0.6 is 0 Å². The van der Waals surface area contributed by atoms with Gasteiger partial charge in [-0.1, -0.05) is 6.07 Å². The minimum atomic E-state index is -1.18. The van der Waals surface area contributed by atoms with Crippen LogP contribution < -0.4 is 5.56 Å². The van der Waals surface area contributed by atoms with Crippen molar-refractivity contribution in [1.29, 1.82) is 0 Å². The summed E-state index contributed by atoms with van der Waals surface area (Å²) in [6.45, 7) is 1.61. The second kappa shape index (κ2) is 8.13. The number of rotatable bonds is 4. The molecular formula is C24H22F3N5O. The van der Waals surface area contributed by atoms with E-state index < -0.39 is 17.4 Å². The fourth-order valence-electron chi connectivity index (χ4n) is 4.49. The van der Waals surface area contributed by atoms with E-state index in [1.807, 2.05) is 0 Å². The quantitative estimate of drug-likeness (QED) is 0.446. The summed E-state index contributed by atoms with van der Waals surface area (Å²) in [5.74, 6) is -0.695. The number of nitrogens with one attached hydrogen (secondary N) is 1. The van der Waals surface area contributed by atoms with Crippen molar-refractivity contribution in [1.82, 2.24) is 24.7 Å². The van der Waals surface area contributed by atoms with E-state index >= 15 is 0 Å². The normalized spacial score (nSPS) is 20.9.